The maximum atomic E-state index is 12.2. The number of ether oxygens (including phenoxy) is 1. The summed E-state index contributed by atoms with van der Waals surface area (Å²) in [5.41, 5.74) is 5.05. The van der Waals surface area contributed by atoms with E-state index in [0.717, 1.165) is 0 Å². The molecular formula is C14H20ClN3O5S. The van der Waals surface area contributed by atoms with Crippen LogP contribution in [0.3, 0.4) is 0 Å². The van der Waals surface area contributed by atoms with Crippen molar-refractivity contribution in [1.29, 1.82) is 0 Å². The Labute approximate surface area is 145 Å². The summed E-state index contributed by atoms with van der Waals surface area (Å²) >= 11 is 5.94. The molecule has 1 aromatic carbocycles. The summed E-state index contributed by atoms with van der Waals surface area (Å²) in [4.78, 5) is 11.4. The molecule has 4 N–H and O–H groups in total. The van der Waals surface area contributed by atoms with Crippen LogP contribution in [0.4, 0.5) is 0 Å². The molecule has 0 unspecified atom stereocenters. The van der Waals surface area contributed by atoms with Crippen molar-refractivity contribution in [3.8, 4) is 0 Å². The van der Waals surface area contributed by atoms with Crippen LogP contribution in [-0.4, -0.2) is 37.6 Å². The Balaban J connectivity index is 2.78. The van der Waals surface area contributed by atoms with E-state index in [-0.39, 0.29) is 34.3 Å². The van der Waals surface area contributed by atoms with Gasteiger partial charge in [-0.15, -0.1) is 0 Å². The average molecular weight is 378 g/mol. The van der Waals surface area contributed by atoms with Crippen LogP contribution in [0, 0.1) is 0 Å². The van der Waals surface area contributed by atoms with Gasteiger partial charge in [0.05, 0.1) is 11.4 Å². The molecule has 0 saturated carbocycles. The minimum Gasteiger partial charge on any atom is -0.460 e. The van der Waals surface area contributed by atoms with E-state index in [0.29, 0.717) is 0 Å². The van der Waals surface area contributed by atoms with Crippen LogP contribution in [0.2, 0.25) is 5.02 Å². The number of carbonyl (C=O) groups excluding carboxylic acids is 1. The fourth-order valence-corrected chi connectivity index (χ4v) is 3.27. The molecule has 0 amide bonds. The normalized spacial score (nSPS) is 12.9. The van der Waals surface area contributed by atoms with E-state index < -0.39 is 21.6 Å². The van der Waals surface area contributed by atoms with Crippen molar-refractivity contribution in [1.82, 2.24) is 4.72 Å². The second-order valence-electron chi connectivity index (χ2n) is 5.86. The SMILES string of the molecule is CC(C)(C)OC(=O)CCNS(=O)(=O)c1ccc(/C(N)=N/O)cc1Cl. The number of hydrogen-bond donors (Lipinski definition) is 3. The number of nitrogens with zero attached hydrogens (tertiary/aromatic N) is 1. The molecule has 0 aliphatic rings. The summed E-state index contributed by atoms with van der Waals surface area (Å²) in [6, 6.07) is 3.84. The molecule has 0 saturated heterocycles. The third-order valence-electron chi connectivity index (χ3n) is 2.67. The maximum Gasteiger partial charge on any atom is 0.307 e. The zero-order valence-corrected chi connectivity index (χ0v) is 15.1. The van der Waals surface area contributed by atoms with Gasteiger partial charge in [-0.1, -0.05) is 16.8 Å². The van der Waals surface area contributed by atoms with Gasteiger partial charge in [-0.05, 0) is 39.0 Å². The number of sulfonamides is 1. The first kappa shape index (κ1) is 20.2. The second kappa shape index (κ2) is 7.82. The highest BCUT2D eigenvalue weighted by Crippen LogP contribution is 2.22. The summed E-state index contributed by atoms with van der Waals surface area (Å²) in [5.74, 6) is -0.711. The van der Waals surface area contributed by atoms with Gasteiger partial charge in [0.15, 0.2) is 5.84 Å². The highest BCUT2D eigenvalue weighted by Gasteiger charge is 2.20. The summed E-state index contributed by atoms with van der Waals surface area (Å²) in [6.45, 7) is 5.03. The molecule has 0 radical (unpaired) electrons. The first-order chi connectivity index (χ1) is 11.0. The number of halogens is 1. The fraction of sp³-hybridized carbons (Fsp3) is 0.429. The first-order valence-corrected chi connectivity index (χ1v) is 8.81. The van der Waals surface area contributed by atoms with Crippen LogP contribution >= 0.6 is 11.6 Å². The zero-order valence-electron chi connectivity index (χ0n) is 13.5. The molecule has 0 aliphatic heterocycles. The molecule has 10 heteroatoms. The molecule has 0 heterocycles. The lowest BCUT2D eigenvalue weighted by atomic mass is 10.2. The van der Waals surface area contributed by atoms with Gasteiger partial charge in [0.25, 0.3) is 0 Å². The smallest absolute Gasteiger partial charge is 0.307 e. The lowest BCUT2D eigenvalue weighted by molar-refractivity contribution is -0.154. The Hall–Kier alpha value is -1.84. The van der Waals surface area contributed by atoms with Crippen molar-refractivity contribution in [2.75, 3.05) is 6.54 Å². The van der Waals surface area contributed by atoms with E-state index >= 15 is 0 Å². The Bertz CT molecular complexity index is 741. The first-order valence-electron chi connectivity index (χ1n) is 6.95. The summed E-state index contributed by atoms with van der Waals surface area (Å²) in [6.07, 6.45) is -0.115. The van der Waals surface area contributed by atoms with Crippen LogP contribution < -0.4 is 10.5 Å². The monoisotopic (exact) mass is 377 g/mol. The topological polar surface area (TPSA) is 131 Å². The van der Waals surface area contributed by atoms with E-state index in [1.54, 1.807) is 20.8 Å². The highest BCUT2D eigenvalue weighted by molar-refractivity contribution is 7.89. The lowest BCUT2D eigenvalue weighted by Crippen LogP contribution is -2.30. The van der Waals surface area contributed by atoms with Crippen molar-refractivity contribution in [2.24, 2.45) is 10.9 Å². The second-order valence-corrected chi connectivity index (χ2v) is 8.01. The quantitative estimate of drug-likeness (QED) is 0.226. The van der Waals surface area contributed by atoms with Gasteiger partial charge >= 0.3 is 5.97 Å². The van der Waals surface area contributed by atoms with E-state index in [2.05, 4.69) is 9.88 Å². The third-order valence-corrected chi connectivity index (χ3v) is 4.61. The maximum absolute atomic E-state index is 12.2. The number of carbonyl (C=O) groups is 1. The predicted molar refractivity (Wildman–Crippen MR) is 89.6 cm³/mol. The number of nitrogens with two attached hydrogens (primary N) is 1. The number of nitrogens with one attached hydrogen (secondary N) is 1. The molecule has 0 aromatic heterocycles. The van der Waals surface area contributed by atoms with E-state index in [1.807, 2.05) is 0 Å². The minimum absolute atomic E-state index is 0.0936. The molecule has 0 aliphatic carbocycles. The van der Waals surface area contributed by atoms with Crippen LogP contribution in [0.1, 0.15) is 32.8 Å². The van der Waals surface area contributed by atoms with Crippen LogP contribution in [0.5, 0.6) is 0 Å². The van der Waals surface area contributed by atoms with Gasteiger partial charge < -0.3 is 15.7 Å². The minimum atomic E-state index is -3.91. The van der Waals surface area contributed by atoms with Crippen molar-refractivity contribution in [3.05, 3.63) is 28.8 Å². The van der Waals surface area contributed by atoms with Crippen LogP contribution in [0.25, 0.3) is 0 Å². The number of amidine groups is 1. The predicted octanol–water partition coefficient (Wildman–Crippen LogP) is 1.44. The molecule has 1 aromatic rings. The van der Waals surface area contributed by atoms with Gasteiger partial charge in [-0.25, -0.2) is 13.1 Å². The highest BCUT2D eigenvalue weighted by atomic mass is 35.5. The summed E-state index contributed by atoms with van der Waals surface area (Å²) in [7, 11) is -3.91. The van der Waals surface area contributed by atoms with Crippen molar-refractivity contribution in [2.45, 2.75) is 37.7 Å². The average Bonchev–Trinajstić information content (AvgIpc) is 2.43. The van der Waals surface area contributed by atoms with Crippen LogP contribution in [-0.2, 0) is 19.6 Å². The van der Waals surface area contributed by atoms with Crippen molar-refractivity contribution in [3.63, 3.8) is 0 Å². The lowest BCUT2D eigenvalue weighted by Gasteiger charge is -2.19. The van der Waals surface area contributed by atoms with E-state index in [1.165, 1.54) is 18.2 Å². The Kier molecular flexibility index (Phi) is 6.58. The molecule has 0 fully saturated rings. The molecule has 0 bridgehead atoms. The third kappa shape index (κ3) is 5.99. The van der Waals surface area contributed by atoms with Gasteiger partial charge in [-0.2, -0.15) is 0 Å². The Morgan fingerprint density at radius 3 is 2.54 bits per heavy atom. The largest absolute Gasteiger partial charge is 0.460 e. The molecule has 0 spiro atoms. The summed E-state index contributed by atoms with van der Waals surface area (Å²) < 4.78 is 31.8. The van der Waals surface area contributed by atoms with Gasteiger partial charge in [0.1, 0.15) is 10.5 Å². The Morgan fingerprint density at radius 1 is 1.42 bits per heavy atom. The van der Waals surface area contributed by atoms with E-state index in [4.69, 9.17) is 27.3 Å². The standard InChI is InChI=1S/C14H20ClN3O5S/c1-14(2,3)23-12(19)6-7-17-24(21,22)11-5-4-9(8-10(11)15)13(16)18-20/h4-5,8,17,20H,6-7H2,1-3H3,(H2,16,18). The Morgan fingerprint density at radius 2 is 2.04 bits per heavy atom. The zero-order chi connectivity index (χ0) is 18.5. The molecule has 24 heavy (non-hydrogen) atoms. The van der Waals surface area contributed by atoms with Gasteiger partial charge in [0, 0.05) is 12.1 Å². The fourth-order valence-electron chi connectivity index (χ4n) is 1.69. The molecular weight excluding hydrogens is 358 g/mol. The number of rotatable bonds is 6. The molecule has 134 valence electrons. The molecule has 8 nitrogen and oxygen atoms in total. The molecule has 0 atom stereocenters. The van der Waals surface area contributed by atoms with Gasteiger partial charge in [-0.3, -0.25) is 4.79 Å². The van der Waals surface area contributed by atoms with Crippen LogP contribution in [0.15, 0.2) is 28.3 Å². The molecule has 1 rings (SSSR count). The number of esters is 1. The number of benzene rings is 1. The van der Waals surface area contributed by atoms with E-state index in [9.17, 15) is 13.2 Å². The van der Waals surface area contributed by atoms with Gasteiger partial charge in [0.2, 0.25) is 10.0 Å². The number of hydrogen-bond acceptors (Lipinski definition) is 6. The van der Waals surface area contributed by atoms with Crippen molar-refractivity contribution >= 4 is 33.4 Å². The number of oxime groups is 1. The summed E-state index contributed by atoms with van der Waals surface area (Å²) in [5, 5.41) is 11.3. The van der Waals surface area contributed by atoms with Crippen molar-refractivity contribution < 1.29 is 23.2 Å².